The molecule has 1 aromatic heterocycles. The van der Waals surface area contributed by atoms with Crippen LogP contribution in [0.25, 0.3) is 5.69 Å². The van der Waals surface area contributed by atoms with Crippen LogP contribution in [0.5, 0.6) is 0 Å². The molecular formula is C27H36ClFN8O. The Morgan fingerprint density at radius 2 is 1.97 bits per heavy atom. The van der Waals surface area contributed by atoms with Crippen LogP contribution in [0, 0.1) is 0 Å². The molecule has 3 aliphatic rings. The van der Waals surface area contributed by atoms with Crippen LogP contribution < -0.4 is 5.73 Å². The van der Waals surface area contributed by atoms with Gasteiger partial charge in [-0.2, -0.15) is 0 Å². The number of likely N-dealkylation sites (N-methyl/N-ethyl adjacent to an activating group) is 1. The third-order valence-corrected chi connectivity index (χ3v) is 8.30. The van der Waals surface area contributed by atoms with Gasteiger partial charge in [0.1, 0.15) is 11.4 Å². The molecule has 2 fully saturated rings. The number of aromatic nitrogens is 3. The molecule has 1 aliphatic carbocycles. The van der Waals surface area contributed by atoms with Crippen LogP contribution in [-0.2, 0) is 17.9 Å². The van der Waals surface area contributed by atoms with Gasteiger partial charge in [-0.05, 0) is 63.3 Å². The van der Waals surface area contributed by atoms with Gasteiger partial charge in [0.2, 0.25) is 5.91 Å². The highest BCUT2D eigenvalue weighted by Gasteiger charge is 2.56. The predicted octanol–water partition coefficient (Wildman–Crippen LogP) is 3.61. The second-order valence-corrected chi connectivity index (χ2v) is 11.4. The van der Waals surface area contributed by atoms with E-state index in [9.17, 15) is 9.18 Å². The van der Waals surface area contributed by atoms with Crippen LogP contribution in [0.15, 0.2) is 34.7 Å². The minimum absolute atomic E-state index is 0.131. The molecule has 204 valence electrons. The topological polar surface area (TPSA) is 95.9 Å². The first-order valence-electron chi connectivity index (χ1n) is 13.2. The van der Waals surface area contributed by atoms with E-state index in [1.807, 2.05) is 39.2 Å². The van der Waals surface area contributed by atoms with E-state index in [4.69, 9.17) is 22.4 Å². The first-order chi connectivity index (χ1) is 18.1. The molecule has 2 N–H and O–H groups in total. The Bertz CT molecular complexity index is 1270. The Morgan fingerprint density at radius 3 is 2.61 bits per heavy atom. The Labute approximate surface area is 228 Å². The molecule has 2 aliphatic heterocycles. The summed E-state index contributed by atoms with van der Waals surface area (Å²) in [6.45, 7) is 6.30. The molecule has 0 bridgehead atoms. The standard InChI is InChI=1S/C27H36ClFN8O/c1-17(30)22(29)14-31-18(2)35-11-7-19(8-12-35)25-33-32-24-16-36(27(9-10-27)26(38)34(3)4)15-20-13-21(28)5-6-23(20)37(24)25/h5-6,13-14,18-19H,7-12,15-16,30H2,1-4H3/b22-17+,31-14?. The van der Waals surface area contributed by atoms with Crippen molar-refractivity contribution in [1.29, 1.82) is 0 Å². The molecule has 0 radical (unpaired) electrons. The zero-order valence-electron chi connectivity index (χ0n) is 22.5. The molecule has 1 amide bonds. The summed E-state index contributed by atoms with van der Waals surface area (Å²) < 4.78 is 16.0. The molecule has 38 heavy (non-hydrogen) atoms. The summed E-state index contributed by atoms with van der Waals surface area (Å²) in [5.41, 5.74) is 7.23. The Morgan fingerprint density at radius 1 is 1.26 bits per heavy atom. The number of fused-ring (bicyclic) bond motifs is 3. The van der Waals surface area contributed by atoms with Crippen LogP contribution in [0.1, 0.15) is 62.7 Å². The number of aliphatic imine (C=N–C) groups is 1. The van der Waals surface area contributed by atoms with Gasteiger partial charge in [0.25, 0.3) is 0 Å². The van der Waals surface area contributed by atoms with Crippen LogP contribution in [0.2, 0.25) is 5.02 Å². The van der Waals surface area contributed by atoms with Crippen LogP contribution in [0.4, 0.5) is 4.39 Å². The second kappa shape index (κ2) is 10.4. The number of nitrogens with two attached hydrogens (primary N) is 1. The number of hydrogen-bond acceptors (Lipinski definition) is 7. The number of piperidine rings is 1. The predicted molar refractivity (Wildman–Crippen MR) is 146 cm³/mol. The number of carbonyl (C=O) groups is 1. The molecule has 1 unspecified atom stereocenters. The normalized spacial score (nSPS) is 21.4. The van der Waals surface area contributed by atoms with Gasteiger partial charge in [-0.3, -0.25) is 24.2 Å². The first kappa shape index (κ1) is 26.8. The Kier molecular flexibility index (Phi) is 7.32. The lowest BCUT2D eigenvalue weighted by atomic mass is 9.95. The zero-order valence-corrected chi connectivity index (χ0v) is 23.2. The molecular weight excluding hydrogens is 507 g/mol. The summed E-state index contributed by atoms with van der Waals surface area (Å²) in [6, 6.07) is 5.94. The SMILES string of the molecule is C/C(N)=C(\F)C=NC(C)N1CCC(c2nnc3n2-c2ccc(Cl)cc2CN(C2(C(=O)N(C)C)CC2)C3)CC1. The number of amides is 1. The van der Waals surface area contributed by atoms with Gasteiger partial charge in [-0.25, -0.2) is 4.39 Å². The first-order valence-corrected chi connectivity index (χ1v) is 13.6. The lowest BCUT2D eigenvalue weighted by Crippen LogP contribution is -2.48. The molecule has 5 rings (SSSR count). The van der Waals surface area contributed by atoms with Crippen molar-refractivity contribution in [2.75, 3.05) is 27.2 Å². The average molecular weight is 543 g/mol. The van der Waals surface area contributed by atoms with Gasteiger partial charge in [-0.1, -0.05) is 11.6 Å². The molecule has 9 nitrogen and oxygen atoms in total. The van der Waals surface area contributed by atoms with E-state index in [0.29, 0.717) is 18.1 Å². The van der Waals surface area contributed by atoms with Gasteiger partial charge in [0, 0.05) is 50.4 Å². The molecule has 1 atom stereocenters. The third-order valence-electron chi connectivity index (χ3n) is 8.07. The van der Waals surface area contributed by atoms with Crippen molar-refractivity contribution in [3.8, 4) is 5.69 Å². The fourth-order valence-electron chi connectivity index (χ4n) is 5.69. The van der Waals surface area contributed by atoms with E-state index in [1.54, 1.807) is 4.90 Å². The molecule has 11 heteroatoms. The second-order valence-electron chi connectivity index (χ2n) is 10.9. The highest BCUT2D eigenvalue weighted by atomic mass is 35.5. The number of nitrogens with zero attached hydrogens (tertiary/aromatic N) is 7. The fourth-order valence-corrected chi connectivity index (χ4v) is 5.89. The largest absolute Gasteiger partial charge is 0.400 e. The van der Waals surface area contributed by atoms with Crippen molar-refractivity contribution in [3.63, 3.8) is 0 Å². The smallest absolute Gasteiger partial charge is 0.242 e. The number of likely N-dealkylation sites (tertiary alicyclic amines) is 1. The number of allylic oxidation sites excluding steroid dienone is 2. The summed E-state index contributed by atoms with van der Waals surface area (Å²) in [4.78, 5) is 23.7. The molecule has 1 saturated carbocycles. The van der Waals surface area contributed by atoms with Crippen LogP contribution in [0.3, 0.4) is 0 Å². The number of hydrogen-bond donors (Lipinski definition) is 1. The molecule has 1 saturated heterocycles. The van der Waals surface area contributed by atoms with Crippen molar-refractivity contribution in [1.82, 2.24) is 29.5 Å². The van der Waals surface area contributed by atoms with Gasteiger partial charge >= 0.3 is 0 Å². The van der Waals surface area contributed by atoms with Crippen molar-refractivity contribution in [2.45, 2.75) is 70.2 Å². The highest BCUT2D eigenvalue weighted by Crippen LogP contribution is 2.46. The van der Waals surface area contributed by atoms with Crippen molar-refractivity contribution in [3.05, 3.63) is 52.0 Å². The number of carbonyl (C=O) groups excluding carboxylic acids is 1. The number of rotatable bonds is 6. The maximum Gasteiger partial charge on any atom is 0.242 e. The maximum absolute atomic E-state index is 13.8. The summed E-state index contributed by atoms with van der Waals surface area (Å²) in [5, 5.41) is 10.0. The van der Waals surface area contributed by atoms with Crippen molar-refractivity contribution in [2.24, 2.45) is 10.7 Å². The van der Waals surface area contributed by atoms with E-state index < -0.39 is 11.4 Å². The van der Waals surface area contributed by atoms with E-state index in [2.05, 4.69) is 24.5 Å². The van der Waals surface area contributed by atoms with Gasteiger partial charge in [0.15, 0.2) is 11.7 Å². The average Bonchev–Trinajstić information content (AvgIpc) is 3.63. The number of benzene rings is 1. The summed E-state index contributed by atoms with van der Waals surface area (Å²) in [5.74, 6) is 1.65. The summed E-state index contributed by atoms with van der Waals surface area (Å²) >= 11 is 6.43. The molecule has 2 aromatic rings. The van der Waals surface area contributed by atoms with Gasteiger partial charge in [0.05, 0.1) is 24.6 Å². The van der Waals surface area contributed by atoms with Crippen molar-refractivity contribution < 1.29 is 9.18 Å². The zero-order chi connectivity index (χ0) is 27.2. The molecule has 3 heterocycles. The highest BCUT2D eigenvalue weighted by molar-refractivity contribution is 6.30. The van der Waals surface area contributed by atoms with Gasteiger partial charge in [-0.15, -0.1) is 10.2 Å². The maximum atomic E-state index is 13.8. The Hall–Kier alpha value is -2.82. The third kappa shape index (κ3) is 4.97. The van der Waals surface area contributed by atoms with E-state index in [-0.39, 0.29) is 23.7 Å². The van der Waals surface area contributed by atoms with E-state index >= 15 is 0 Å². The van der Waals surface area contributed by atoms with Gasteiger partial charge < -0.3 is 10.6 Å². The number of halogens is 2. The lowest BCUT2D eigenvalue weighted by molar-refractivity contribution is -0.136. The molecule has 1 aromatic carbocycles. The van der Waals surface area contributed by atoms with E-state index in [0.717, 1.165) is 61.7 Å². The summed E-state index contributed by atoms with van der Waals surface area (Å²) in [6.07, 6.45) is 4.53. The van der Waals surface area contributed by atoms with E-state index in [1.165, 1.54) is 13.1 Å². The van der Waals surface area contributed by atoms with Crippen LogP contribution >= 0.6 is 11.6 Å². The quantitative estimate of drug-likeness (QED) is 0.560. The Balaban J connectivity index is 1.40. The fraction of sp³-hybridized carbons (Fsp3) is 0.556. The molecule has 0 spiro atoms. The minimum Gasteiger partial charge on any atom is -0.400 e. The minimum atomic E-state index is -0.497. The lowest BCUT2D eigenvalue weighted by Gasteiger charge is -2.34. The monoisotopic (exact) mass is 542 g/mol. The summed E-state index contributed by atoms with van der Waals surface area (Å²) in [7, 11) is 3.63. The van der Waals surface area contributed by atoms with Crippen LogP contribution in [-0.4, -0.2) is 80.5 Å². The van der Waals surface area contributed by atoms with Crippen molar-refractivity contribution >= 4 is 23.7 Å².